The van der Waals surface area contributed by atoms with Gasteiger partial charge in [-0.05, 0) is 49.9 Å². The summed E-state index contributed by atoms with van der Waals surface area (Å²) < 4.78 is 11.6. The van der Waals surface area contributed by atoms with E-state index in [4.69, 9.17) is 15.2 Å². The Morgan fingerprint density at radius 3 is 2.75 bits per heavy atom. The predicted octanol–water partition coefficient (Wildman–Crippen LogP) is 4.17. The van der Waals surface area contributed by atoms with Gasteiger partial charge in [-0.1, -0.05) is 25.1 Å². The zero-order valence-corrected chi connectivity index (χ0v) is 18.6. The number of anilines is 2. The molecule has 3 aromatic rings. The third-order valence-electron chi connectivity index (χ3n) is 5.67. The van der Waals surface area contributed by atoms with Crippen LogP contribution in [0.4, 0.5) is 11.4 Å². The molecule has 4 rings (SSSR count). The SMILES string of the molecule is CCc1ccccc1Nc1c(C(N)=O)cnc2cc(OC)c(OCCCNC3CC3)cc12. The molecule has 1 saturated carbocycles. The number of nitrogens with zero attached hydrogens (tertiary/aromatic N) is 1. The molecule has 1 aliphatic carbocycles. The van der Waals surface area contributed by atoms with Crippen molar-refractivity contribution in [1.82, 2.24) is 10.3 Å². The monoisotopic (exact) mass is 434 g/mol. The van der Waals surface area contributed by atoms with Gasteiger partial charge in [0, 0.05) is 29.4 Å². The number of para-hydroxylation sites is 1. The maximum atomic E-state index is 12.2. The fourth-order valence-electron chi connectivity index (χ4n) is 3.73. The van der Waals surface area contributed by atoms with E-state index >= 15 is 0 Å². The van der Waals surface area contributed by atoms with Crippen LogP contribution >= 0.6 is 0 Å². The number of ether oxygens (including phenoxy) is 2. The van der Waals surface area contributed by atoms with E-state index in [-0.39, 0.29) is 0 Å². The molecule has 1 aromatic heterocycles. The second-order valence-corrected chi connectivity index (χ2v) is 8.00. The molecule has 168 valence electrons. The number of nitrogens with two attached hydrogens (primary N) is 1. The van der Waals surface area contributed by atoms with Gasteiger partial charge < -0.3 is 25.8 Å². The fraction of sp³-hybridized carbons (Fsp3) is 0.360. The summed E-state index contributed by atoms with van der Waals surface area (Å²) in [6, 6.07) is 12.4. The van der Waals surface area contributed by atoms with Gasteiger partial charge in [-0.3, -0.25) is 9.78 Å². The molecular formula is C25H30N4O3. The highest BCUT2D eigenvalue weighted by Gasteiger charge is 2.20. The molecule has 1 heterocycles. The van der Waals surface area contributed by atoms with Gasteiger partial charge in [0.1, 0.15) is 0 Å². The van der Waals surface area contributed by atoms with E-state index in [1.807, 2.05) is 30.3 Å². The Morgan fingerprint density at radius 1 is 1.22 bits per heavy atom. The number of methoxy groups -OCH3 is 1. The van der Waals surface area contributed by atoms with Crippen molar-refractivity contribution in [1.29, 1.82) is 0 Å². The van der Waals surface area contributed by atoms with Crippen LogP contribution in [0.3, 0.4) is 0 Å². The Kier molecular flexibility index (Phi) is 6.75. The normalized spacial score (nSPS) is 13.2. The Morgan fingerprint density at radius 2 is 2.03 bits per heavy atom. The number of aromatic nitrogens is 1. The van der Waals surface area contributed by atoms with E-state index in [0.717, 1.165) is 36.0 Å². The Bertz CT molecular complexity index is 1110. The van der Waals surface area contributed by atoms with Crippen LogP contribution in [0.1, 0.15) is 42.1 Å². The van der Waals surface area contributed by atoms with Crippen molar-refractivity contribution in [3.05, 3.63) is 53.7 Å². The molecule has 0 radical (unpaired) electrons. The van der Waals surface area contributed by atoms with Gasteiger partial charge in [0.2, 0.25) is 0 Å². The molecule has 4 N–H and O–H groups in total. The zero-order chi connectivity index (χ0) is 22.5. The van der Waals surface area contributed by atoms with Crippen molar-refractivity contribution in [3.8, 4) is 11.5 Å². The van der Waals surface area contributed by atoms with E-state index in [1.54, 1.807) is 7.11 Å². The highest BCUT2D eigenvalue weighted by atomic mass is 16.5. The highest BCUT2D eigenvalue weighted by molar-refractivity contribution is 6.08. The molecule has 0 spiro atoms. The first-order chi connectivity index (χ1) is 15.6. The van der Waals surface area contributed by atoms with Gasteiger partial charge in [0.15, 0.2) is 11.5 Å². The largest absolute Gasteiger partial charge is 0.493 e. The quantitative estimate of drug-likeness (QED) is 0.392. The Hall–Kier alpha value is -3.32. The van der Waals surface area contributed by atoms with Crippen LogP contribution in [0.2, 0.25) is 0 Å². The standard InChI is InChI=1S/C25H30N4O3/c1-3-16-7-4-5-8-20(16)29-24-18-13-23(32-12-6-11-27-17-9-10-17)22(31-2)14-21(18)28-15-19(24)25(26)30/h4-5,7-8,13-15,17,27H,3,6,9-12H2,1-2H3,(H2,26,30)(H,28,29). The summed E-state index contributed by atoms with van der Waals surface area (Å²) in [5.41, 5.74) is 9.38. The highest BCUT2D eigenvalue weighted by Crippen LogP contribution is 2.37. The molecule has 0 bridgehead atoms. The summed E-state index contributed by atoms with van der Waals surface area (Å²) >= 11 is 0. The first kappa shape index (κ1) is 21.9. The first-order valence-corrected chi connectivity index (χ1v) is 11.1. The summed E-state index contributed by atoms with van der Waals surface area (Å²) in [7, 11) is 1.61. The number of rotatable bonds is 11. The number of carbonyl (C=O) groups excluding carboxylic acids is 1. The molecule has 0 unspecified atom stereocenters. The average Bonchev–Trinajstić information content (AvgIpc) is 3.63. The van der Waals surface area contributed by atoms with Gasteiger partial charge in [-0.25, -0.2) is 0 Å². The van der Waals surface area contributed by atoms with Crippen LogP contribution in [0.5, 0.6) is 11.5 Å². The smallest absolute Gasteiger partial charge is 0.252 e. The van der Waals surface area contributed by atoms with E-state index in [1.165, 1.54) is 19.0 Å². The molecule has 1 fully saturated rings. The van der Waals surface area contributed by atoms with Crippen molar-refractivity contribution < 1.29 is 14.3 Å². The summed E-state index contributed by atoms with van der Waals surface area (Å²) in [5.74, 6) is 0.675. The Balaban J connectivity index is 1.68. The molecule has 0 saturated heterocycles. The van der Waals surface area contributed by atoms with Crippen LogP contribution in [-0.2, 0) is 6.42 Å². The molecule has 1 amide bonds. The number of nitrogens with one attached hydrogen (secondary N) is 2. The number of hydrogen-bond donors (Lipinski definition) is 3. The maximum absolute atomic E-state index is 12.2. The lowest BCUT2D eigenvalue weighted by molar-refractivity contribution is 0.100. The lowest BCUT2D eigenvalue weighted by Crippen LogP contribution is -2.19. The molecule has 32 heavy (non-hydrogen) atoms. The zero-order valence-electron chi connectivity index (χ0n) is 18.6. The van der Waals surface area contributed by atoms with Crippen LogP contribution in [0.25, 0.3) is 10.9 Å². The van der Waals surface area contributed by atoms with E-state index < -0.39 is 5.91 Å². The van der Waals surface area contributed by atoms with Crippen LogP contribution < -0.4 is 25.8 Å². The van der Waals surface area contributed by atoms with Gasteiger partial charge >= 0.3 is 0 Å². The second kappa shape index (κ2) is 9.87. The third-order valence-corrected chi connectivity index (χ3v) is 5.67. The minimum Gasteiger partial charge on any atom is -0.493 e. The maximum Gasteiger partial charge on any atom is 0.252 e. The molecule has 0 aliphatic heterocycles. The average molecular weight is 435 g/mol. The van der Waals surface area contributed by atoms with Crippen LogP contribution in [0, 0.1) is 0 Å². The molecule has 2 aromatic carbocycles. The fourth-order valence-corrected chi connectivity index (χ4v) is 3.73. The number of hydrogen-bond acceptors (Lipinski definition) is 6. The summed E-state index contributed by atoms with van der Waals surface area (Å²) in [5, 5.41) is 7.66. The number of amides is 1. The topological polar surface area (TPSA) is 98.5 Å². The lowest BCUT2D eigenvalue weighted by Gasteiger charge is -2.17. The molecule has 1 aliphatic rings. The number of primary amides is 1. The Labute approximate surface area is 188 Å². The van der Waals surface area contributed by atoms with Gasteiger partial charge in [-0.15, -0.1) is 0 Å². The van der Waals surface area contributed by atoms with Crippen molar-refractivity contribution in [2.75, 3.05) is 25.6 Å². The third kappa shape index (κ3) is 4.94. The number of carbonyl (C=O) groups is 1. The molecular weight excluding hydrogens is 404 g/mol. The summed E-state index contributed by atoms with van der Waals surface area (Å²) in [6.07, 6.45) is 5.80. The van der Waals surface area contributed by atoms with Gasteiger partial charge in [-0.2, -0.15) is 0 Å². The molecule has 7 heteroatoms. The number of benzene rings is 2. The minimum absolute atomic E-state index is 0.327. The van der Waals surface area contributed by atoms with Crippen molar-refractivity contribution in [2.24, 2.45) is 5.73 Å². The summed E-state index contributed by atoms with van der Waals surface area (Å²) in [6.45, 7) is 3.58. The van der Waals surface area contributed by atoms with Crippen molar-refractivity contribution in [2.45, 2.75) is 38.6 Å². The minimum atomic E-state index is -0.541. The number of fused-ring (bicyclic) bond motifs is 1. The van der Waals surface area contributed by atoms with Crippen LogP contribution in [0.15, 0.2) is 42.6 Å². The number of pyridine rings is 1. The lowest BCUT2D eigenvalue weighted by atomic mass is 10.1. The summed E-state index contributed by atoms with van der Waals surface area (Å²) in [4.78, 5) is 16.6. The van der Waals surface area contributed by atoms with Crippen molar-refractivity contribution >= 4 is 28.2 Å². The number of aryl methyl sites for hydroxylation is 1. The van der Waals surface area contributed by atoms with E-state index in [9.17, 15) is 4.79 Å². The molecule has 7 nitrogen and oxygen atoms in total. The van der Waals surface area contributed by atoms with Gasteiger partial charge in [0.05, 0.1) is 30.5 Å². The predicted molar refractivity (Wildman–Crippen MR) is 127 cm³/mol. The first-order valence-electron chi connectivity index (χ1n) is 11.1. The second-order valence-electron chi connectivity index (χ2n) is 8.00. The van der Waals surface area contributed by atoms with E-state index in [0.29, 0.717) is 40.9 Å². The van der Waals surface area contributed by atoms with Crippen molar-refractivity contribution in [3.63, 3.8) is 0 Å². The van der Waals surface area contributed by atoms with Gasteiger partial charge in [0.25, 0.3) is 5.91 Å². The molecule has 0 atom stereocenters. The van der Waals surface area contributed by atoms with E-state index in [2.05, 4.69) is 28.6 Å². The van der Waals surface area contributed by atoms with Crippen LogP contribution in [-0.4, -0.2) is 37.2 Å².